The van der Waals surface area contributed by atoms with E-state index in [9.17, 15) is 24.3 Å². The maximum atomic E-state index is 13.8. The van der Waals surface area contributed by atoms with Crippen molar-refractivity contribution < 1.29 is 29.0 Å². The smallest absolute Gasteiger partial charge is 0.407 e. The van der Waals surface area contributed by atoms with Crippen LogP contribution in [0.2, 0.25) is 0 Å². The van der Waals surface area contributed by atoms with Crippen LogP contribution in [0.3, 0.4) is 0 Å². The number of hydrogen-bond donors (Lipinski definition) is 6. The van der Waals surface area contributed by atoms with Crippen LogP contribution in [0, 0.1) is 18.8 Å². The number of benzene rings is 3. The van der Waals surface area contributed by atoms with Crippen molar-refractivity contribution in [3.63, 3.8) is 0 Å². The molecule has 2 atom stereocenters. The number of H-pyrrole nitrogens is 1. The molecule has 14 nitrogen and oxygen atoms in total. The lowest BCUT2D eigenvalue weighted by Crippen LogP contribution is -2.48. The standard InChI is InChI=1S/C40H50N8O6/c1-24-20-31(37(51)42-25(2)23-49)16-19-33(24)28-10-6-26(7-11-28)21-34(38(52)43-32-17-14-29(15-18-32)35-45-47-48-46-35)44-36(50)30-12-8-27(9-13-30)22-41-39(53)54-40(3,4)5/h6-7,10-11,14-20,25,27,30,34,49H,8-9,12-13,21-23H2,1-5H3,(H,41,53)(H,42,51)(H,43,52)(H,44,50)(H,45,46,47,48)/t25?,27-,30-,34?. The van der Waals surface area contributed by atoms with Crippen molar-refractivity contribution in [3.05, 3.63) is 83.4 Å². The molecule has 6 N–H and O–H groups in total. The van der Waals surface area contributed by atoms with E-state index in [0.717, 1.165) is 40.7 Å². The predicted octanol–water partition coefficient (Wildman–Crippen LogP) is 4.95. The third-order valence-corrected chi connectivity index (χ3v) is 9.40. The molecule has 0 aliphatic heterocycles. The minimum atomic E-state index is -0.853. The van der Waals surface area contributed by atoms with Crippen LogP contribution in [0.25, 0.3) is 22.5 Å². The van der Waals surface area contributed by atoms with Crippen LogP contribution >= 0.6 is 0 Å². The number of ether oxygens (including phenoxy) is 1. The maximum absolute atomic E-state index is 13.8. The molecule has 0 spiro atoms. The number of carbonyl (C=O) groups is 4. The van der Waals surface area contributed by atoms with Gasteiger partial charge < -0.3 is 31.1 Å². The summed E-state index contributed by atoms with van der Waals surface area (Å²) in [6, 6.07) is 19.1. The van der Waals surface area contributed by atoms with Gasteiger partial charge in [-0.2, -0.15) is 0 Å². The molecular formula is C40H50N8O6. The highest BCUT2D eigenvalue weighted by atomic mass is 16.6. The van der Waals surface area contributed by atoms with Gasteiger partial charge in [0.05, 0.1) is 6.61 Å². The average Bonchev–Trinajstić information content (AvgIpc) is 3.69. The number of amides is 4. The van der Waals surface area contributed by atoms with E-state index in [2.05, 4.69) is 41.9 Å². The highest BCUT2D eigenvalue weighted by Crippen LogP contribution is 2.29. The summed E-state index contributed by atoms with van der Waals surface area (Å²) in [5, 5.41) is 34.7. The quantitative estimate of drug-likeness (QED) is 0.110. The van der Waals surface area contributed by atoms with Gasteiger partial charge in [-0.3, -0.25) is 14.4 Å². The van der Waals surface area contributed by atoms with Crippen LogP contribution in [0.4, 0.5) is 10.5 Å². The van der Waals surface area contributed by atoms with E-state index in [0.29, 0.717) is 36.5 Å². The zero-order valence-corrected chi connectivity index (χ0v) is 31.4. The first kappa shape index (κ1) is 39.6. The number of aryl methyl sites for hydroxylation is 1. The lowest BCUT2D eigenvalue weighted by Gasteiger charge is -2.29. The van der Waals surface area contributed by atoms with E-state index in [1.54, 1.807) is 37.3 Å². The Hall–Kier alpha value is -5.63. The molecular weight excluding hydrogens is 688 g/mol. The number of nitrogens with zero attached hydrogens (tertiary/aromatic N) is 3. The molecule has 1 aliphatic carbocycles. The number of anilines is 1. The van der Waals surface area contributed by atoms with Gasteiger partial charge in [0.2, 0.25) is 11.8 Å². The van der Waals surface area contributed by atoms with Gasteiger partial charge in [-0.25, -0.2) is 9.89 Å². The summed E-state index contributed by atoms with van der Waals surface area (Å²) >= 11 is 0. The van der Waals surface area contributed by atoms with Gasteiger partial charge in [0.15, 0.2) is 5.82 Å². The Kier molecular flexibility index (Phi) is 13.1. The van der Waals surface area contributed by atoms with E-state index < -0.39 is 17.7 Å². The number of carbonyl (C=O) groups excluding carboxylic acids is 4. The van der Waals surface area contributed by atoms with Crippen LogP contribution < -0.4 is 21.3 Å². The number of tetrazole rings is 1. The Morgan fingerprint density at radius 1 is 0.926 bits per heavy atom. The first-order valence-corrected chi connectivity index (χ1v) is 18.3. The van der Waals surface area contributed by atoms with Crippen molar-refractivity contribution in [2.75, 3.05) is 18.5 Å². The monoisotopic (exact) mass is 738 g/mol. The van der Waals surface area contributed by atoms with Gasteiger partial charge >= 0.3 is 6.09 Å². The van der Waals surface area contributed by atoms with Crippen molar-refractivity contribution in [2.45, 2.75) is 84.4 Å². The molecule has 1 fully saturated rings. The minimum Gasteiger partial charge on any atom is -0.444 e. The normalized spacial score (nSPS) is 16.8. The SMILES string of the molecule is Cc1cc(C(=O)NC(C)CO)ccc1-c1ccc(CC(NC(=O)[C@H]2CC[C@H](CNC(=O)OC(C)(C)C)CC2)C(=O)Nc2ccc(-c3nnn[nH]3)cc2)cc1. The average molecular weight is 739 g/mol. The van der Waals surface area contributed by atoms with E-state index in [4.69, 9.17) is 4.74 Å². The summed E-state index contributed by atoms with van der Waals surface area (Å²) in [5.41, 5.74) is 4.92. The van der Waals surface area contributed by atoms with Gasteiger partial charge in [0, 0.05) is 41.7 Å². The molecule has 14 heteroatoms. The Labute approximate surface area is 315 Å². The molecule has 2 unspecified atom stereocenters. The van der Waals surface area contributed by atoms with Crippen LogP contribution in [0.1, 0.15) is 74.9 Å². The largest absolute Gasteiger partial charge is 0.444 e. The van der Waals surface area contributed by atoms with Crippen LogP contribution in [-0.4, -0.2) is 80.4 Å². The Morgan fingerprint density at radius 3 is 2.22 bits per heavy atom. The van der Waals surface area contributed by atoms with Gasteiger partial charge in [-0.15, -0.1) is 5.10 Å². The molecule has 4 aromatic rings. The van der Waals surface area contributed by atoms with Crippen LogP contribution in [-0.2, 0) is 20.7 Å². The first-order valence-electron chi connectivity index (χ1n) is 18.3. The van der Waals surface area contributed by atoms with Gasteiger partial charge in [-0.1, -0.05) is 30.3 Å². The lowest BCUT2D eigenvalue weighted by atomic mass is 9.81. The van der Waals surface area contributed by atoms with E-state index in [1.165, 1.54) is 0 Å². The highest BCUT2D eigenvalue weighted by Gasteiger charge is 2.30. The molecule has 1 aromatic heterocycles. The van der Waals surface area contributed by atoms with Crippen molar-refractivity contribution in [1.29, 1.82) is 0 Å². The molecule has 0 bridgehead atoms. The topological polar surface area (TPSA) is 200 Å². The number of aromatic amines is 1. The number of rotatable bonds is 13. The highest BCUT2D eigenvalue weighted by molar-refractivity contribution is 5.98. The lowest BCUT2D eigenvalue weighted by molar-refractivity contribution is -0.130. The van der Waals surface area contributed by atoms with Crippen molar-refractivity contribution in [3.8, 4) is 22.5 Å². The molecule has 1 aliphatic rings. The van der Waals surface area contributed by atoms with Crippen LogP contribution in [0.5, 0.6) is 0 Å². The number of alkyl carbamates (subject to hydrolysis) is 1. The fraction of sp³-hybridized carbons (Fsp3) is 0.425. The van der Waals surface area contributed by atoms with E-state index in [-0.39, 0.29) is 48.6 Å². The molecule has 0 radical (unpaired) electrons. The van der Waals surface area contributed by atoms with Gasteiger partial charge in [0.25, 0.3) is 5.91 Å². The fourth-order valence-electron chi connectivity index (χ4n) is 6.43. The van der Waals surface area contributed by atoms with Crippen molar-refractivity contribution in [1.82, 2.24) is 36.6 Å². The third kappa shape index (κ3) is 11.2. The van der Waals surface area contributed by atoms with E-state index >= 15 is 0 Å². The third-order valence-electron chi connectivity index (χ3n) is 9.40. The molecule has 3 aromatic carbocycles. The molecule has 4 amide bonds. The van der Waals surface area contributed by atoms with E-state index in [1.807, 2.05) is 64.1 Å². The molecule has 286 valence electrons. The second-order valence-electron chi connectivity index (χ2n) is 15.0. The summed E-state index contributed by atoms with van der Waals surface area (Å²) in [6.07, 6.45) is 2.64. The molecule has 54 heavy (non-hydrogen) atoms. The molecule has 1 heterocycles. The molecule has 0 saturated heterocycles. The number of aliphatic hydroxyl groups is 1. The number of nitrogens with one attached hydrogen (secondary N) is 5. The molecule has 5 rings (SSSR count). The number of hydrogen-bond acceptors (Lipinski definition) is 9. The van der Waals surface area contributed by atoms with Crippen molar-refractivity contribution >= 4 is 29.5 Å². The second-order valence-corrected chi connectivity index (χ2v) is 15.0. The summed E-state index contributed by atoms with van der Waals surface area (Å²) in [5.74, 6) is -0.291. The molecule has 1 saturated carbocycles. The zero-order valence-electron chi connectivity index (χ0n) is 31.4. The summed E-state index contributed by atoms with van der Waals surface area (Å²) < 4.78 is 5.35. The summed E-state index contributed by atoms with van der Waals surface area (Å²) in [4.78, 5) is 52.1. The fourth-order valence-corrected chi connectivity index (χ4v) is 6.43. The number of aliphatic hydroxyl groups excluding tert-OH is 1. The zero-order chi connectivity index (χ0) is 38.8. The predicted molar refractivity (Wildman–Crippen MR) is 204 cm³/mol. The van der Waals surface area contributed by atoms with Crippen LogP contribution in [0.15, 0.2) is 66.7 Å². The first-order chi connectivity index (χ1) is 25.8. The summed E-state index contributed by atoms with van der Waals surface area (Å²) in [6.45, 7) is 9.47. The maximum Gasteiger partial charge on any atom is 0.407 e. The second kappa shape index (κ2) is 17.9. The van der Waals surface area contributed by atoms with Gasteiger partial charge in [-0.05, 0) is 135 Å². The Balaban J connectivity index is 1.25. The minimum absolute atomic E-state index is 0.144. The number of aromatic nitrogens is 4. The summed E-state index contributed by atoms with van der Waals surface area (Å²) in [7, 11) is 0. The Morgan fingerprint density at radius 2 is 1.61 bits per heavy atom. The van der Waals surface area contributed by atoms with Gasteiger partial charge in [0.1, 0.15) is 11.6 Å². The Bertz CT molecular complexity index is 1880. The van der Waals surface area contributed by atoms with Crippen molar-refractivity contribution in [2.24, 2.45) is 11.8 Å².